The molecule has 2 aliphatic heterocycles. The number of carbonyl (C=O) groups excluding carboxylic acids is 2. The number of imide groups is 1. The number of aliphatic imine (C=N–C) groups is 2. The van der Waals surface area contributed by atoms with E-state index in [0.29, 0.717) is 0 Å². The number of amides is 3. The van der Waals surface area contributed by atoms with Gasteiger partial charge >= 0.3 is 6.03 Å². The zero-order chi connectivity index (χ0) is 9.26. The van der Waals surface area contributed by atoms with Gasteiger partial charge < -0.3 is 5.32 Å². The lowest BCUT2D eigenvalue weighted by Gasteiger charge is -2.19. The number of hydrogen-bond donors (Lipinski definition) is 2. The van der Waals surface area contributed by atoms with Crippen LogP contribution in [0.3, 0.4) is 0 Å². The molecule has 0 aliphatic carbocycles. The van der Waals surface area contributed by atoms with Gasteiger partial charge in [0.15, 0.2) is 0 Å². The van der Waals surface area contributed by atoms with Crippen LogP contribution in [-0.4, -0.2) is 42.3 Å². The van der Waals surface area contributed by atoms with Crippen LogP contribution in [0.4, 0.5) is 4.79 Å². The van der Waals surface area contributed by atoms with E-state index in [1.165, 1.54) is 17.6 Å². The molecular weight excluding hydrogens is 174 g/mol. The minimum atomic E-state index is -0.618. The molecule has 2 N–H and O–H groups in total. The topological polar surface area (TPSA) is 86.2 Å². The van der Waals surface area contributed by atoms with E-state index in [4.69, 9.17) is 0 Å². The maximum Gasteiger partial charge on any atom is 0.327 e. The summed E-state index contributed by atoms with van der Waals surface area (Å²) in [4.78, 5) is 30.9. The molecule has 3 amide bonds. The largest absolute Gasteiger partial charge is 0.338 e. The smallest absolute Gasteiger partial charge is 0.327 e. The van der Waals surface area contributed by atoms with Gasteiger partial charge in [-0.3, -0.25) is 15.0 Å². The summed E-state index contributed by atoms with van der Waals surface area (Å²) in [5.74, 6) is -0.325. The number of hydrogen-bond acceptors (Lipinski definition) is 5. The minimum absolute atomic E-state index is 0.0121. The standard InChI is InChI=1S/C6H7N5O2/c12-4-1-11(6(13)10-4)5-8-2-7-3-9-5/h2-3,5H,1H2,(H,7,8,9)(H,10,12,13). The second-order valence-electron chi connectivity index (χ2n) is 2.55. The molecule has 0 atom stereocenters. The van der Waals surface area contributed by atoms with E-state index in [1.807, 2.05) is 0 Å². The first-order chi connectivity index (χ1) is 6.27. The first-order valence-corrected chi connectivity index (χ1v) is 3.67. The number of carbonyl (C=O) groups is 2. The third-order valence-corrected chi connectivity index (χ3v) is 1.66. The van der Waals surface area contributed by atoms with Crippen LogP contribution < -0.4 is 10.6 Å². The van der Waals surface area contributed by atoms with Gasteiger partial charge in [-0.1, -0.05) is 0 Å². The molecule has 0 bridgehead atoms. The second kappa shape index (κ2) is 2.85. The van der Waals surface area contributed by atoms with Crippen LogP contribution in [-0.2, 0) is 4.79 Å². The molecular formula is C6H7N5O2. The lowest BCUT2D eigenvalue weighted by molar-refractivity contribution is -0.118. The van der Waals surface area contributed by atoms with E-state index in [1.54, 1.807) is 0 Å². The van der Waals surface area contributed by atoms with E-state index in [2.05, 4.69) is 20.6 Å². The fraction of sp³-hybridized carbons (Fsp3) is 0.333. The van der Waals surface area contributed by atoms with Crippen molar-refractivity contribution in [1.82, 2.24) is 15.5 Å². The van der Waals surface area contributed by atoms with Crippen molar-refractivity contribution in [1.29, 1.82) is 0 Å². The summed E-state index contributed by atoms with van der Waals surface area (Å²) in [7, 11) is 0. The van der Waals surface area contributed by atoms with Crippen molar-refractivity contribution < 1.29 is 9.59 Å². The maximum absolute atomic E-state index is 11.1. The van der Waals surface area contributed by atoms with Crippen LogP contribution >= 0.6 is 0 Å². The molecule has 0 saturated carbocycles. The van der Waals surface area contributed by atoms with Gasteiger partial charge in [0.25, 0.3) is 0 Å². The highest BCUT2D eigenvalue weighted by Gasteiger charge is 2.32. The molecule has 7 heteroatoms. The molecule has 0 radical (unpaired) electrons. The fourth-order valence-electron chi connectivity index (χ4n) is 1.10. The highest BCUT2D eigenvalue weighted by Crippen LogP contribution is 2.07. The van der Waals surface area contributed by atoms with Gasteiger partial charge in [-0.2, -0.15) is 0 Å². The van der Waals surface area contributed by atoms with Crippen molar-refractivity contribution in [3.05, 3.63) is 0 Å². The molecule has 0 aromatic heterocycles. The quantitative estimate of drug-likeness (QED) is 0.482. The molecule has 0 aromatic rings. The van der Waals surface area contributed by atoms with Crippen LogP contribution in [0.2, 0.25) is 0 Å². The highest BCUT2D eigenvalue weighted by molar-refractivity contribution is 6.02. The van der Waals surface area contributed by atoms with E-state index in [0.717, 1.165) is 0 Å². The van der Waals surface area contributed by atoms with Crippen molar-refractivity contribution in [2.75, 3.05) is 6.54 Å². The Balaban J connectivity index is 2.12. The summed E-state index contributed by atoms with van der Waals surface area (Å²) in [6.45, 7) is 0.0121. The zero-order valence-corrected chi connectivity index (χ0v) is 6.60. The Morgan fingerprint density at radius 2 is 2.08 bits per heavy atom. The summed E-state index contributed by atoms with van der Waals surface area (Å²) in [5, 5.41) is 4.78. The van der Waals surface area contributed by atoms with Crippen LogP contribution in [0.1, 0.15) is 0 Å². The molecule has 0 aromatic carbocycles. The summed E-state index contributed by atoms with van der Waals surface area (Å²) in [6, 6.07) is -0.453. The Morgan fingerprint density at radius 1 is 1.38 bits per heavy atom. The Kier molecular flexibility index (Phi) is 1.69. The lowest BCUT2D eigenvalue weighted by Crippen LogP contribution is -2.38. The van der Waals surface area contributed by atoms with Crippen LogP contribution in [0.5, 0.6) is 0 Å². The molecule has 2 aliphatic rings. The molecule has 0 spiro atoms. The molecule has 1 saturated heterocycles. The predicted molar refractivity (Wildman–Crippen MR) is 44.2 cm³/mol. The third kappa shape index (κ3) is 1.35. The van der Waals surface area contributed by atoms with Crippen LogP contribution in [0, 0.1) is 0 Å². The first kappa shape index (κ1) is 7.71. The van der Waals surface area contributed by atoms with Gasteiger partial charge in [0, 0.05) is 0 Å². The Hall–Kier alpha value is -1.92. The van der Waals surface area contributed by atoms with Crippen molar-refractivity contribution in [3.63, 3.8) is 0 Å². The van der Waals surface area contributed by atoms with Gasteiger partial charge in [-0.05, 0) is 0 Å². The Morgan fingerprint density at radius 3 is 2.62 bits per heavy atom. The van der Waals surface area contributed by atoms with Gasteiger partial charge in [0.05, 0.1) is 12.7 Å². The monoisotopic (exact) mass is 181 g/mol. The molecule has 13 heavy (non-hydrogen) atoms. The summed E-state index contributed by atoms with van der Waals surface area (Å²) >= 11 is 0. The van der Waals surface area contributed by atoms with Crippen molar-refractivity contribution in [2.24, 2.45) is 9.98 Å². The SMILES string of the molecule is O=C1CN(C2N=CNC=N2)C(=O)N1. The molecule has 68 valence electrons. The molecule has 2 heterocycles. The number of rotatable bonds is 1. The average Bonchev–Trinajstić information content (AvgIpc) is 2.47. The fourth-order valence-corrected chi connectivity index (χ4v) is 1.10. The van der Waals surface area contributed by atoms with E-state index < -0.39 is 12.3 Å². The summed E-state index contributed by atoms with van der Waals surface area (Å²) in [6.07, 6.45) is 2.23. The predicted octanol–water partition coefficient (Wildman–Crippen LogP) is -1.52. The highest BCUT2D eigenvalue weighted by atomic mass is 16.2. The zero-order valence-electron chi connectivity index (χ0n) is 6.60. The third-order valence-electron chi connectivity index (χ3n) is 1.66. The molecule has 0 unspecified atom stereocenters. The lowest BCUT2D eigenvalue weighted by atomic mass is 10.6. The average molecular weight is 181 g/mol. The number of urea groups is 1. The van der Waals surface area contributed by atoms with Crippen molar-refractivity contribution in [2.45, 2.75) is 6.29 Å². The minimum Gasteiger partial charge on any atom is -0.338 e. The Bertz CT molecular complexity index is 298. The molecule has 1 fully saturated rings. The second-order valence-corrected chi connectivity index (χ2v) is 2.55. The van der Waals surface area contributed by atoms with Gasteiger partial charge in [-0.25, -0.2) is 14.8 Å². The Labute approximate surface area is 73.5 Å². The molecule has 7 nitrogen and oxygen atoms in total. The van der Waals surface area contributed by atoms with E-state index in [-0.39, 0.29) is 12.5 Å². The van der Waals surface area contributed by atoms with Gasteiger partial charge in [0.1, 0.15) is 6.54 Å². The molecule has 2 rings (SSSR count). The van der Waals surface area contributed by atoms with Crippen LogP contribution in [0.25, 0.3) is 0 Å². The van der Waals surface area contributed by atoms with Crippen molar-refractivity contribution >= 4 is 24.6 Å². The van der Waals surface area contributed by atoms with E-state index in [9.17, 15) is 9.59 Å². The van der Waals surface area contributed by atoms with Crippen LogP contribution in [0.15, 0.2) is 9.98 Å². The summed E-state index contributed by atoms with van der Waals surface area (Å²) in [5.41, 5.74) is 0. The van der Waals surface area contributed by atoms with E-state index >= 15 is 0 Å². The maximum atomic E-state index is 11.1. The summed E-state index contributed by atoms with van der Waals surface area (Å²) < 4.78 is 0. The van der Waals surface area contributed by atoms with Gasteiger partial charge in [0.2, 0.25) is 12.2 Å². The number of nitrogens with one attached hydrogen (secondary N) is 2. The normalized spacial score (nSPS) is 22.0. The van der Waals surface area contributed by atoms with Gasteiger partial charge in [-0.15, -0.1) is 0 Å². The first-order valence-electron chi connectivity index (χ1n) is 3.67. The number of nitrogens with zero attached hydrogens (tertiary/aromatic N) is 3. The van der Waals surface area contributed by atoms with Crippen molar-refractivity contribution in [3.8, 4) is 0 Å².